The summed E-state index contributed by atoms with van der Waals surface area (Å²) in [5.74, 6) is -0.232. The van der Waals surface area contributed by atoms with Gasteiger partial charge < -0.3 is 0 Å². The van der Waals surface area contributed by atoms with Gasteiger partial charge in [0.05, 0.1) is 6.20 Å². The van der Waals surface area contributed by atoms with Crippen LogP contribution in [0.3, 0.4) is 0 Å². The first-order valence-corrected chi connectivity index (χ1v) is 6.57. The summed E-state index contributed by atoms with van der Waals surface area (Å²) >= 11 is 1.66. The zero-order valence-electron chi connectivity index (χ0n) is 9.40. The molecule has 0 atom stereocenters. The van der Waals surface area contributed by atoms with Crippen LogP contribution in [0.4, 0.5) is 4.39 Å². The van der Waals surface area contributed by atoms with Crippen molar-refractivity contribution in [2.75, 3.05) is 13.1 Å². The summed E-state index contributed by atoms with van der Waals surface area (Å²) in [4.78, 5) is 4.88. The largest absolute Gasteiger partial charge is 0.261 e. The van der Waals surface area contributed by atoms with Gasteiger partial charge in [0.2, 0.25) is 0 Å². The van der Waals surface area contributed by atoms with Crippen LogP contribution >= 0.6 is 11.9 Å². The van der Waals surface area contributed by atoms with Crippen molar-refractivity contribution in [1.82, 2.24) is 9.29 Å². The van der Waals surface area contributed by atoms with Crippen LogP contribution in [0.1, 0.15) is 12.8 Å². The van der Waals surface area contributed by atoms with Crippen LogP contribution in [0.15, 0.2) is 35.5 Å². The molecule has 0 amide bonds. The Morgan fingerprint density at radius 3 is 2.82 bits per heavy atom. The van der Waals surface area contributed by atoms with Gasteiger partial charge >= 0.3 is 0 Å². The fourth-order valence-electron chi connectivity index (χ4n) is 2.15. The lowest BCUT2D eigenvalue weighted by molar-refractivity contribution is 0.586. The minimum Gasteiger partial charge on any atom is -0.261 e. The van der Waals surface area contributed by atoms with E-state index in [0.29, 0.717) is 5.39 Å². The molecular formula is C13H13FN2S. The molecule has 3 rings (SSSR count). The van der Waals surface area contributed by atoms with Crippen molar-refractivity contribution in [3.8, 4) is 0 Å². The van der Waals surface area contributed by atoms with Crippen molar-refractivity contribution in [2.45, 2.75) is 17.7 Å². The van der Waals surface area contributed by atoms with Crippen LogP contribution in [-0.4, -0.2) is 22.4 Å². The van der Waals surface area contributed by atoms with Crippen molar-refractivity contribution < 1.29 is 4.39 Å². The summed E-state index contributed by atoms with van der Waals surface area (Å²) in [6.45, 7) is 2.18. The minimum atomic E-state index is -0.232. The Kier molecular flexibility index (Phi) is 2.99. The molecular weight excluding hydrogens is 235 g/mol. The summed E-state index contributed by atoms with van der Waals surface area (Å²) in [7, 11) is 0. The third kappa shape index (κ3) is 2.15. The third-order valence-corrected chi connectivity index (χ3v) is 4.15. The summed E-state index contributed by atoms with van der Waals surface area (Å²) in [5.41, 5.74) is 0. The molecule has 2 heterocycles. The van der Waals surface area contributed by atoms with Gasteiger partial charge in [0.15, 0.2) is 0 Å². The zero-order valence-corrected chi connectivity index (χ0v) is 10.2. The Hall–Kier alpha value is -1.13. The SMILES string of the molecule is Fc1cncc2cccc(SN3CCCC3)c12. The highest BCUT2D eigenvalue weighted by Gasteiger charge is 2.15. The van der Waals surface area contributed by atoms with Crippen LogP contribution in [0.25, 0.3) is 10.8 Å². The first kappa shape index (κ1) is 11.0. The van der Waals surface area contributed by atoms with Gasteiger partial charge in [0.1, 0.15) is 5.82 Å². The Balaban J connectivity index is 2.03. The highest BCUT2D eigenvalue weighted by atomic mass is 32.2. The van der Waals surface area contributed by atoms with Gasteiger partial charge in [-0.2, -0.15) is 0 Å². The number of hydrogen-bond acceptors (Lipinski definition) is 3. The van der Waals surface area contributed by atoms with E-state index in [1.54, 1.807) is 18.1 Å². The van der Waals surface area contributed by atoms with Crippen LogP contribution in [0, 0.1) is 5.82 Å². The first-order chi connectivity index (χ1) is 8.34. The van der Waals surface area contributed by atoms with Crippen LogP contribution in [0.2, 0.25) is 0 Å². The maximum absolute atomic E-state index is 13.8. The minimum absolute atomic E-state index is 0.232. The molecule has 2 aromatic rings. The molecule has 0 N–H and O–H groups in total. The van der Waals surface area contributed by atoms with E-state index in [0.717, 1.165) is 23.4 Å². The second kappa shape index (κ2) is 4.63. The Bertz CT molecular complexity index is 533. The number of rotatable bonds is 2. The third-order valence-electron chi connectivity index (χ3n) is 2.99. The molecule has 4 heteroatoms. The van der Waals surface area contributed by atoms with Crippen molar-refractivity contribution in [1.29, 1.82) is 0 Å². The molecule has 0 saturated carbocycles. The Labute approximate surface area is 104 Å². The molecule has 0 aliphatic carbocycles. The molecule has 2 nitrogen and oxygen atoms in total. The summed E-state index contributed by atoms with van der Waals surface area (Å²) < 4.78 is 16.1. The standard InChI is InChI=1S/C13H13FN2S/c14-11-9-15-8-10-4-3-5-12(13(10)11)17-16-6-1-2-7-16/h3-5,8-9H,1-2,6-7H2. The summed E-state index contributed by atoms with van der Waals surface area (Å²) in [6, 6.07) is 5.84. The fraction of sp³-hybridized carbons (Fsp3) is 0.308. The molecule has 1 saturated heterocycles. The van der Waals surface area contributed by atoms with Crippen molar-refractivity contribution in [2.24, 2.45) is 0 Å². The molecule has 0 unspecified atom stereocenters. The van der Waals surface area contributed by atoms with E-state index in [1.165, 1.54) is 19.0 Å². The monoisotopic (exact) mass is 248 g/mol. The molecule has 1 aromatic carbocycles. The van der Waals surface area contributed by atoms with E-state index in [2.05, 4.69) is 9.29 Å². The van der Waals surface area contributed by atoms with Crippen molar-refractivity contribution in [3.05, 3.63) is 36.4 Å². The van der Waals surface area contributed by atoms with Gasteiger partial charge in [-0.05, 0) is 30.9 Å². The smallest absolute Gasteiger partial charge is 0.150 e. The van der Waals surface area contributed by atoms with Crippen LogP contribution < -0.4 is 0 Å². The average Bonchev–Trinajstić information content (AvgIpc) is 2.82. The van der Waals surface area contributed by atoms with E-state index in [9.17, 15) is 4.39 Å². The van der Waals surface area contributed by atoms with E-state index >= 15 is 0 Å². The van der Waals surface area contributed by atoms with Crippen LogP contribution in [0.5, 0.6) is 0 Å². The van der Waals surface area contributed by atoms with Gasteiger partial charge in [0.25, 0.3) is 0 Å². The number of nitrogens with zero attached hydrogens (tertiary/aromatic N) is 2. The Morgan fingerprint density at radius 1 is 1.18 bits per heavy atom. The number of pyridine rings is 1. The van der Waals surface area contributed by atoms with E-state index in [1.807, 2.05) is 18.2 Å². The second-order valence-corrected chi connectivity index (χ2v) is 5.34. The lowest BCUT2D eigenvalue weighted by Gasteiger charge is -2.14. The topological polar surface area (TPSA) is 16.1 Å². The molecule has 88 valence electrons. The molecule has 0 radical (unpaired) electrons. The van der Waals surface area contributed by atoms with E-state index in [4.69, 9.17) is 0 Å². The van der Waals surface area contributed by atoms with Gasteiger partial charge in [-0.25, -0.2) is 8.70 Å². The van der Waals surface area contributed by atoms with Crippen molar-refractivity contribution in [3.63, 3.8) is 0 Å². The molecule has 0 bridgehead atoms. The number of halogens is 1. The van der Waals surface area contributed by atoms with Gasteiger partial charge in [-0.15, -0.1) is 0 Å². The normalized spacial score (nSPS) is 16.8. The molecule has 1 aliphatic rings. The molecule has 0 spiro atoms. The first-order valence-electron chi connectivity index (χ1n) is 5.80. The maximum atomic E-state index is 13.8. The second-order valence-electron chi connectivity index (χ2n) is 4.20. The lowest BCUT2D eigenvalue weighted by atomic mass is 10.2. The van der Waals surface area contributed by atoms with Crippen molar-refractivity contribution >= 4 is 22.7 Å². The van der Waals surface area contributed by atoms with E-state index in [-0.39, 0.29) is 5.82 Å². The quantitative estimate of drug-likeness (QED) is 0.757. The maximum Gasteiger partial charge on any atom is 0.150 e. The highest BCUT2D eigenvalue weighted by molar-refractivity contribution is 7.97. The summed E-state index contributed by atoms with van der Waals surface area (Å²) in [5, 5.41) is 1.56. The van der Waals surface area contributed by atoms with Gasteiger partial charge in [0, 0.05) is 35.0 Å². The predicted octanol–water partition coefficient (Wildman–Crippen LogP) is 3.48. The molecule has 1 fully saturated rings. The predicted molar refractivity (Wildman–Crippen MR) is 68.4 cm³/mol. The number of benzene rings is 1. The van der Waals surface area contributed by atoms with Crippen LogP contribution in [-0.2, 0) is 0 Å². The average molecular weight is 248 g/mol. The number of aromatic nitrogens is 1. The highest BCUT2D eigenvalue weighted by Crippen LogP contribution is 2.33. The zero-order chi connectivity index (χ0) is 11.7. The number of fused-ring (bicyclic) bond motifs is 1. The summed E-state index contributed by atoms with van der Waals surface area (Å²) in [6.07, 6.45) is 5.48. The molecule has 1 aromatic heterocycles. The van der Waals surface area contributed by atoms with E-state index < -0.39 is 0 Å². The Morgan fingerprint density at radius 2 is 2.00 bits per heavy atom. The lowest BCUT2D eigenvalue weighted by Crippen LogP contribution is -2.08. The molecule has 1 aliphatic heterocycles. The van der Waals surface area contributed by atoms with Gasteiger partial charge in [-0.3, -0.25) is 4.98 Å². The van der Waals surface area contributed by atoms with Gasteiger partial charge in [-0.1, -0.05) is 12.1 Å². The number of hydrogen-bond donors (Lipinski definition) is 0. The molecule has 17 heavy (non-hydrogen) atoms. The fourth-order valence-corrected chi connectivity index (χ4v) is 3.32.